The summed E-state index contributed by atoms with van der Waals surface area (Å²) in [5, 5.41) is 9.27. The van der Waals surface area contributed by atoms with Crippen molar-refractivity contribution >= 4 is 6.16 Å². The number of carbonyl (C=O) groups excluding carboxylic acids is 1. The van der Waals surface area contributed by atoms with Crippen LogP contribution in [0.25, 0.3) is 0 Å². The van der Waals surface area contributed by atoms with Crippen LogP contribution in [0.2, 0.25) is 0 Å². The quantitative estimate of drug-likeness (QED) is 0.0394. The van der Waals surface area contributed by atoms with Gasteiger partial charge in [0.2, 0.25) is 0 Å². The first kappa shape index (κ1) is 46.3. The lowest BCUT2D eigenvalue weighted by molar-refractivity contribution is -0.890. The summed E-state index contributed by atoms with van der Waals surface area (Å²) in [5.74, 6) is 0. The maximum Gasteiger partial charge on any atom is 0.251 e. The van der Waals surface area contributed by atoms with Crippen molar-refractivity contribution in [2.24, 2.45) is 0 Å². The summed E-state index contributed by atoms with van der Waals surface area (Å²) in [6, 6.07) is 0. The number of carboxylic acid groups (broad SMARTS) is 1. The van der Waals surface area contributed by atoms with Crippen molar-refractivity contribution in [1.29, 1.82) is 0 Å². The molecule has 0 aliphatic carbocycles. The summed E-state index contributed by atoms with van der Waals surface area (Å²) in [4.78, 5) is 9.27. The highest BCUT2D eigenvalue weighted by Crippen LogP contribution is 2.16. The predicted octanol–water partition coefficient (Wildman–Crippen LogP) is 13.0. The molecule has 0 aromatic heterocycles. The Hall–Kier alpha value is -0.770. The summed E-state index contributed by atoms with van der Waals surface area (Å²) < 4.78 is 5.09. The van der Waals surface area contributed by atoms with Gasteiger partial charge in [-0.3, -0.25) is 0 Å². The van der Waals surface area contributed by atoms with E-state index in [2.05, 4.69) is 32.7 Å². The van der Waals surface area contributed by atoms with Gasteiger partial charge in [0.05, 0.1) is 27.2 Å². The summed E-state index contributed by atoms with van der Waals surface area (Å²) in [6.45, 7) is 9.14. The zero-order chi connectivity index (χ0) is 33.5. The molecule has 0 aromatic carbocycles. The maximum absolute atomic E-state index is 9.27. The molecule has 0 atom stereocenters. The van der Waals surface area contributed by atoms with Crippen molar-refractivity contribution in [3.8, 4) is 0 Å². The Morgan fingerprint density at radius 2 is 0.600 bits per heavy atom. The Balaban J connectivity index is 0. The van der Waals surface area contributed by atoms with Crippen molar-refractivity contribution < 1.29 is 19.1 Å². The van der Waals surface area contributed by atoms with E-state index in [1.807, 2.05) is 0 Å². The van der Waals surface area contributed by atoms with Gasteiger partial charge in [-0.05, 0) is 32.6 Å². The molecule has 0 aliphatic heterocycles. The lowest BCUT2D eigenvalue weighted by Gasteiger charge is -2.30. The van der Waals surface area contributed by atoms with E-state index in [-0.39, 0.29) is 6.61 Å². The van der Waals surface area contributed by atoms with Gasteiger partial charge in [-0.15, -0.1) is 0 Å². The van der Waals surface area contributed by atoms with E-state index >= 15 is 0 Å². The topological polar surface area (TPSA) is 49.4 Å². The van der Waals surface area contributed by atoms with Gasteiger partial charge in [0.25, 0.3) is 6.16 Å². The average molecular weight is 640 g/mol. The molecule has 0 saturated carbocycles. The molecule has 45 heavy (non-hydrogen) atoms. The minimum Gasteiger partial charge on any atom is -0.550 e. The van der Waals surface area contributed by atoms with Crippen molar-refractivity contribution in [1.82, 2.24) is 0 Å². The molecule has 4 nitrogen and oxygen atoms in total. The van der Waals surface area contributed by atoms with Crippen LogP contribution in [0.1, 0.15) is 226 Å². The number of carbonyl (C=O) groups is 1. The Kier molecular flexibility index (Phi) is 40.6. The normalized spacial score (nSPS) is 11.4. The van der Waals surface area contributed by atoms with Crippen LogP contribution in [0.3, 0.4) is 0 Å². The number of hydrogen-bond donors (Lipinski definition) is 0. The number of quaternary nitrogens is 1. The second kappa shape index (κ2) is 39.4. The smallest absolute Gasteiger partial charge is 0.251 e. The van der Waals surface area contributed by atoms with E-state index in [0.717, 1.165) is 0 Å². The van der Waals surface area contributed by atoms with Gasteiger partial charge < -0.3 is 19.1 Å². The lowest BCUT2D eigenvalue weighted by Crippen LogP contribution is -2.41. The van der Waals surface area contributed by atoms with E-state index in [4.69, 9.17) is 0 Å². The number of unbranched alkanes of at least 4 members (excludes halogenated alkanes) is 30. The van der Waals surface area contributed by atoms with Crippen molar-refractivity contribution in [2.75, 3.05) is 33.8 Å². The van der Waals surface area contributed by atoms with Crippen LogP contribution in [0, 0.1) is 0 Å². The zero-order valence-corrected chi connectivity index (χ0v) is 31.9. The van der Waals surface area contributed by atoms with Gasteiger partial charge in [0.1, 0.15) is 0 Å². The molecule has 0 radical (unpaired) electrons. The predicted molar refractivity (Wildman–Crippen MR) is 198 cm³/mol. The molecule has 0 N–H and O–H groups in total. The summed E-state index contributed by atoms with van der Waals surface area (Å²) in [6.07, 6.45) is 45.5. The fourth-order valence-corrected chi connectivity index (χ4v) is 6.41. The van der Waals surface area contributed by atoms with Crippen LogP contribution in [0.5, 0.6) is 0 Å². The second-order valence-electron chi connectivity index (χ2n) is 14.7. The molecule has 0 fully saturated rings. The highest BCUT2D eigenvalue weighted by atomic mass is 16.7. The summed E-state index contributed by atoms with van der Waals surface area (Å²) >= 11 is 0. The van der Waals surface area contributed by atoms with E-state index in [9.17, 15) is 9.90 Å². The standard InChI is InChI=1S/C38H80N.C3H6O3/c1-5-7-9-11-13-15-17-19-21-23-25-27-29-31-33-35-37-39(3,4)38-36-34-32-30-28-26-24-22-20-18-16-14-12-10-8-6-2;1-2-6-3(4)5/h5-38H2,1-4H3;2H2,1H3,(H,4,5)/q+1;/p-1. The third-order valence-corrected chi connectivity index (χ3v) is 9.50. The molecule has 0 aromatic rings. The van der Waals surface area contributed by atoms with Crippen molar-refractivity contribution in [3.05, 3.63) is 0 Å². The van der Waals surface area contributed by atoms with Crippen LogP contribution >= 0.6 is 0 Å². The first-order valence-corrected chi connectivity index (χ1v) is 20.5. The van der Waals surface area contributed by atoms with Gasteiger partial charge in [0.15, 0.2) is 0 Å². The van der Waals surface area contributed by atoms with Gasteiger partial charge in [-0.2, -0.15) is 0 Å². The minimum absolute atomic E-state index is 0.169. The summed E-state index contributed by atoms with van der Waals surface area (Å²) in [5.41, 5.74) is 0. The van der Waals surface area contributed by atoms with Crippen LogP contribution < -0.4 is 5.11 Å². The van der Waals surface area contributed by atoms with E-state index in [1.165, 1.54) is 223 Å². The SMILES string of the molecule is CCCCCCCCCCCCCCCCCC[N+](C)(C)CCCCCCCCCCCCCCCCCC.CCOC(=O)[O-]. The lowest BCUT2D eigenvalue weighted by atomic mass is 10.0. The van der Waals surface area contributed by atoms with Crippen LogP contribution in [0.4, 0.5) is 4.79 Å². The molecule has 272 valence electrons. The van der Waals surface area contributed by atoms with Gasteiger partial charge in [0, 0.05) is 6.61 Å². The molecular formula is C41H85NO3. The molecule has 0 amide bonds. The second-order valence-corrected chi connectivity index (χ2v) is 14.7. The summed E-state index contributed by atoms with van der Waals surface area (Å²) in [7, 11) is 4.94. The molecule has 0 unspecified atom stereocenters. The zero-order valence-electron chi connectivity index (χ0n) is 31.9. The Labute approximate surface area is 284 Å². The highest BCUT2D eigenvalue weighted by Gasteiger charge is 2.13. The fourth-order valence-electron chi connectivity index (χ4n) is 6.41. The number of hydrogen-bond acceptors (Lipinski definition) is 3. The average Bonchev–Trinajstić information content (AvgIpc) is 3.01. The third-order valence-electron chi connectivity index (χ3n) is 9.50. The van der Waals surface area contributed by atoms with E-state index in [1.54, 1.807) is 6.92 Å². The molecular weight excluding hydrogens is 554 g/mol. The largest absolute Gasteiger partial charge is 0.550 e. The van der Waals surface area contributed by atoms with Gasteiger partial charge in [-0.1, -0.05) is 194 Å². The first-order chi connectivity index (χ1) is 21.9. The van der Waals surface area contributed by atoms with Crippen LogP contribution in [-0.2, 0) is 4.74 Å². The minimum atomic E-state index is -1.46. The molecule has 0 aliphatic rings. The maximum atomic E-state index is 9.27. The molecule has 4 heteroatoms. The van der Waals surface area contributed by atoms with Gasteiger partial charge in [-0.25, -0.2) is 0 Å². The molecule has 0 saturated heterocycles. The van der Waals surface area contributed by atoms with Crippen LogP contribution in [-0.4, -0.2) is 44.4 Å². The Bertz CT molecular complexity index is 513. The number of rotatable bonds is 35. The number of ether oxygens (including phenoxy) is 1. The molecule has 0 bridgehead atoms. The third kappa shape index (κ3) is 45.4. The molecule has 0 rings (SSSR count). The monoisotopic (exact) mass is 640 g/mol. The van der Waals surface area contributed by atoms with Crippen LogP contribution in [0.15, 0.2) is 0 Å². The number of nitrogens with zero attached hydrogens (tertiary/aromatic N) is 1. The van der Waals surface area contributed by atoms with Gasteiger partial charge >= 0.3 is 0 Å². The molecule has 0 heterocycles. The highest BCUT2D eigenvalue weighted by molar-refractivity contribution is 5.53. The van der Waals surface area contributed by atoms with Crippen molar-refractivity contribution in [2.45, 2.75) is 226 Å². The molecule has 0 spiro atoms. The Morgan fingerprint density at radius 1 is 0.400 bits per heavy atom. The van der Waals surface area contributed by atoms with Crippen molar-refractivity contribution in [3.63, 3.8) is 0 Å². The fraction of sp³-hybridized carbons (Fsp3) is 0.976. The van der Waals surface area contributed by atoms with E-state index < -0.39 is 6.16 Å². The van der Waals surface area contributed by atoms with E-state index in [0.29, 0.717) is 0 Å². The Morgan fingerprint density at radius 3 is 0.756 bits per heavy atom. The first-order valence-electron chi connectivity index (χ1n) is 20.5.